The van der Waals surface area contributed by atoms with E-state index in [-0.39, 0.29) is 24.8 Å². The van der Waals surface area contributed by atoms with Crippen molar-refractivity contribution < 1.29 is 19.1 Å². The average molecular weight is 405 g/mol. The van der Waals surface area contributed by atoms with Crippen LogP contribution in [-0.4, -0.2) is 41.8 Å². The van der Waals surface area contributed by atoms with Gasteiger partial charge in [-0.2, -0.15) is 0 Å². The first-order valence-corrected chi connectivity index (χ1v) is 10.7. The smallest absolute Gasteiger partial charge is 0.410 e. The zero-order chi connectivity index (χ0) is 21.3. The molecule has 6 nitrogen and oxygen atoms in total. The van der Waals surface area contributed by atoms with Crippen LogP contribution in [0.4, 0.5) is 9.59 Å². The molecule has 0 bridgehead atoms. The summed E-state index contributed by atoms with van der Waals surface area (Å²) < 4.78 is 10.8. The summed E-state index contributed by atoms with van der Waals surface area (Å²) in [5.74, 6) is 0.574. The molecule has 1 aromatic rings. The van der Waals surface area contributed by atoms with E-state index in [1.165, 1.54) is 0 Å². The van der Waals surface area contributed by atoms with Crippen LogP contribution in [0.1, 0.15) is 65.4 Å². The lowest BCUT2D eigenvalue weighted by molar-refractivity contribution is 0.0179. The van der Waals surface area contributed by atoms with E-state index < -0.39 is 5.60 Å². The van der Waals surface area contributed by atoms with Gasteiger partial charge in [-0.1, -0.05) is 37.3 Å². The molecule has 6 heteroatoms. The predicted molar refractivity (Wildman–Crippen MR) is 114 cm³/mol. The number of rotatable bonds is 7. The first kappa shape index (κ1) is 23.0. The standard InChI is InChI=1S/C23H36N2O4/c1-5-20(24-21(26)28-17-19-9-7-6-8-10-19)12-11-18-13-15-25(16-14-18)22(27)29-23(2,3)4/h6-10,18,20H,5,11-17H2,1-4H3,(H,24,26). The third-order valence-electron chi connectivity index (χ3n) is 5.22. The highest BCUT2D eigenvalue weighted by Crippen LogP contribution is 2.24. The summed E-state index contributed by atoms with van der Waals surface area (Å²) in [5, 5.41) is 2.98. The summed E-state index contributed by atoms with van der Waals surface area (Å²) in [6, 6.07) is 9.79. The number of ether oxygens (including phenoxy) is 2. The van der Waals surface area contributed by atoms with E-state index in [2.05, 4.69) is 12.2 Å². The van der Waals surface area contributed by atoms with E-state index in [1.807, 2.05) is 51.1 Å². The van der Waals surface area contributed by atoms with E-state index in [0.717, 1.165) is 50.8 Å². The Morgan fingerprint density at radius 1 is 1.17 bits per heavy atom. The molecule has 1 fully saturated rings. The molecule has 0 aromatic heterocycles. The van der Waals surface area contributed by atoms with E-state index >= 15 is 0 Å². The summed E-state index contributed by atoms with van der Waals surface area (Å²) in [7, 11) is 0. The molecule has 0 spiro atoms. The maximum atomic E-state index is 12.2. The summed E-state index contributed by atoms with van der Waals surface area (Å²) in [4.78, 5) is 26.0. The lowest BCUT2D eigenvalue weighted by Gasteiger charge is -2.34. The third-order valence-corrected chi connectivity index (χ3v) is 5.22. The number of nitrogens with one attached hydrogen (secondary N) is 1. The second kappa shape index (κ2) is 11.1. The van der Waals surface area contributed by atoms with E-state index in [0.29, 0.717) is 5.92 Å². The molecule has 1 aliphatic heterocycles. The number of benzene rings is 1. The largest absolute Gasteiger partial charge is 0.445 e. The van der Waals surface area contributed by atoms with Gasteiger partial charge < -0.3 is 19.7 Å². The fraction of sp³-hybridized carbons (Fsp3) is 0.652. The molecule has 1 N–H and O–H groups in total. The zero-order valence-electron chi connectivity index (χ0n) is 18.3. The number of hydrogen-bond acceptors (Lipinski definition) is 4. The molecule has 1 atom stereocenters. The van der Waals surface area contributed by atoms with Crippen LogP contribution in [0.25, 0.3) is 0 Å². The number of hydrogen-bond donors (Lipinski definition) is 1. The molecular weight excluding hydrogens is 368 g/mol. The van der Waals surface area contributed by atoms with Gasteiger partial charge in [0.15, 0.2) is 0 Å². The molecule has 2 rings (SSSR count). The van der Waals surface area contributed by atoms with Crippen LogP contribution in [0.2, 0.25) is 0 Å². The number of amides is 2. The lowest BCUT2D eigenvalue weighted by Crippen LogP contribution is -2.42. The van der Waals surface area contributed by atoms with Crippen molar-refractivity contribution >= 4 is 12.2 Å². The topological polar surface area (TPSA) is 67.9 Å². The second-order valence-corrected chi connectivity index (χ2v) is 8.80. The Bertz CT molecular complexity index is 634. The number of carbonyl (C=O) groups is 2. The van der Waals surface area contributed by atoms with E-state index in [1.54, 1.807) is 4.90 Å². The average Bonchev–Trinajstić information content (AvgIpc) is 2.69. The summed E-state index contributed by atoms with van der Waals surface area (Å²) in [6.45, 7) is 9.51. The summed E-state index contributed by atoms with van der Waals surface area (Å²) in [5.41, 5.74) is 0.524. The molecule has 1 heterocycles. The summed E-state index contributed by atoms with van der Waals surface area (Å²) in [6.07, 6.45) is 4.22. The van der Waals surface area contributed by atoms with Gasteiger partial charge in [0.1, 0.15) is 12.2 Å². The molecule has 1 unspecified atom stereocenters. The maximum Gasteiger partial charge on any atom is 0.410 e. The molecular formula is C23H36N2O4. The van der Waals surface area contributed by atoms with Gasteiger partial charge >= 0.3 is 12.2 Å². The van der Waals surface area contributed by atoms with Gasteiger partial charge in [-0.15, -0.1) is 0 Å². The van der Waals surface area contributed by atoms with Gasteiger partial charge in [0.2, 0.25) is 0 Å². The first-order valence-electron chi connectivity index (χ1n) is 10.7. The normalized spacial score (nSPS) is 16.2. The Balaban J connectivity index is 1.66. The van der Waals surface area contributed by atoms with Gasteiger partial charge in [0.25, 0.3) is 0 Å². The van der Waals surface area contributed by atoms with Crippen molar-refractivity contribution in [2.24, 2.45) is 5.92 Å². The van der Waals surface area contributed by atoms with Crippen molar-refractivity contribution in [1.82, 2.24) is 10.2 Å². The zero-order valence-corrected chi connectivity index (χ0v) is 18.3. The Labute approximate surface area is 174 Å². The van der Waals surface area contributed by atoms with Crippen LogP contribution in [0.5, 0.6) is 0 Å². The maximum absolute atomic E-state index is 12.2. The van der Waals surface area contributed by atoms with Crippen molar-refractivity contribution in [3.63, 3.8) is 0 Å². The van der Waals surface area contributed by atoms with Crippen LogP contribution in [0.3, 0.4) is 0 Å². The fourth-order valence-electron chi connectivity index (χ4n) is 3.48. The minimum Gasteiger partial charge on any atom is -0.445 e. The highest BCUT2D eigenvalue weighted by atomic mass is 16.6. The molecule has 162 valence electrons. The molecule has 0 radical (unpaired) electrons. The fourth-order valence-corrected chi connectivity index (χ4v) is 3.48. The minimum absolute atomic E-state index is 0.113. The number of likely N-dealkylation sites (tertiary alicyclic amines) is 1. The van der Waals surface area contributed by atoms with Crippen molar-refractivity contribution in [1.29, 1.82) is 0 Å². The van der Waals surface area contributed by atoms with Crippen molar-refractivity contribution in [2.45, 2.75) is 78.0 Å². The molecule has 29 heavy (non-hydrogen) atoms. The van der Waals surface area contributed by atoms with Gasteiger partial charge in [0, 0.05) is 19.1 Å². The third kappa shape index (κ3) is 8.75. The SMILES string of the molecule is CCC(CCC1CCN(C(=O)OC(C)(C)C)CC1)NC(=O)OCc1ccccc1. The van der Waals surface area contributed by atoms with Crippen molar-refractivity contribution in [3.05, 3.63) is 35.9 Å². The van der Waals surface area contributed by atoms with Crippen molar-refractivity contribution in [2.75, 3.05) is 13.1 Å². The molecule has 2 amide bonds. The molecule has 1 aromatic carbocycles. The minimum atomic E-state index is -0.455. The Morgan fingerprint density at radius 2 is 1.83 bits per heavy atom. The van der Waals surface area contributed by atoms with Gasteiger partial charge in [-0.3, -0.25) is 0 Å². The molecule has 0 aliphatic carbocycles. The molecule has 0 saturated carbocycles. The van der Waals surface area contributed by atoms with Gasteiger partial charge in [-0.25, -0.2) is 9.59 Å². The van der Waals surface area contributed by atoms with Crippen LogP contribution < -0.4 is 5.32 Å². The highest BCUT2D eigenvalue weighted by molar-refractivity contribution is 5.68. The van der Waals surface area contributed by atoms with Crippen LogP contribution in [0.15, 0.2) is 30.3 Å². The number of nitrogens with zero attached hydrogens (tertiary/aromatic N) is 1. The second-order valence-electron chi connectivity index (χ2n) is 8.80. The highest BCUT2D eigenvalue weighted by Gasteiger charge is 2.27. The summed E-state index contributed by atoms with van der Waals surface area (Å²) >= 11 is 0. The molecule has 1 aliphatic rings. The van der Waals surface area contributed by atoms with Crippen LogP contribution >= 0.6 is 0 Å². The predicted octanol–water partition coefficient (Wildman–Crippen LogP) is 5.12. The number of alkyl carbamates (subject to hydrolysis) is 1. The first-order chi connectivity index (χ1) is 13.8. The Hall–Kier alpha value is -2.24. The number of piperidine rings is 1. The van der Waals surface area contributed by atoms with E-state index in [9.17, 15) is 9.59 Å². The van der Waals surface area contributed by atoms with E-state index in [4.69, 9.17) is 9.47 Å². The van der Waals surface area contributed by atoms with Gasteiger partial charge in [0.05, 0.1) is 0 Å². The Kier molecular flexibility index (Phi) is 8.80. The molecule has 1 saturated heterocycles. The Morgan fingerprint density at radius 3 is 2.41 bits per heavy atom. The quantitative estimate of drug-likeness (QED) is 0.685. The van der Waals surface area contributed by atoms with Crippen molar-refractivity contribution in [3.8, 4) is 0 Å². The van der Waals surface area contributed by atoms with Crippen LogP contribution in [-0.2, 0) is 16.1 Å². The monoisotopic (exact) mass is 404 g/mol. The van der Waals surface area contributed by atoms with Crippen LogP contribution in [0, 0.1) is 5.92 Å². The number of carbonyl (C=O) groups excluding carboxylic acids is 2. The van der Waals surface area contributed by atoms with Gasteiger partial charge in [-0.05, 0) is 64.4 Å². The lowest BCUT2D eigenvalue weighted by atomic mass is 9.90.